The number of ether oxygens (including phenoxy) is 1. The molecule has 1 saturated heterocycles. The predicted molar refractivity (Wildman–Crippen MR) is 111 cm³/mol. The van der Waals surface area contributed by atoms with Gasteiger partial charge in [0.25, 0.3) is 5.78 Å². The monoisotopic (exact) mass is 406 g/mol. The molecule has 0 bridgehead atoms. The van der Waals surface area contributed by atoms with Gasteiger partial charge in [0.1, 0.15) is 11.5 Å². The molecule has 0 spiro atoms. The highest BCUT2D eigenvalue weighted by Gasteiger charge is 2.47. The lowest BCUT2D eigenvalue weighted by Gasteiger charge is -2.22. The van der Waals surface area contributed by atoms with Gasteiger partial charge in [-0.3, -0.25) is 14.5 Å². The highest BCUT2D eigenvalue weighted by molar-refractivity contribution is 7.14. The number of Topliss-reactive ketones (excluding diaryl/α,β-unsaturated/α-hetero) is 1. The Morgan fingerprint density at radius 2 is 1.86 bits per heavy atom. The number of anilines is 1. The Bertz CT molecular complexity index is 1060. The number of hydrogen-bond acceptors (Lipinski definition) is 6. The molecule has 6 nitrogen and oxygen atoms in total. The van der Waals surface area contributed by atoms with Crippen LogP contribution in [0.2, 0.25) is 0 Å². The van der Waals surface area contributed by atoms with Crippen molar-refractivity contribution >= 4 is 33.9 Å². The Morgan fingerprint density at radius 3 is 2.48 bits per heavy atom. The van der Waals surface area contributed by atoms with E-state index < -0.39 is 17.7 Å². The maximum Gasteiger partial charge on any atom is 0.301 e. The van der Waals surface area contributed by atoms with Crippen molar-refractivity contribution in [3.63, 3.8) is 0 Å². The van der Waals surface area contributed by atoms with E-state index in [4.69, 9.17) is 4.74 Å². The molecule has 4 rings (SSSR count). The largest absolute Gasteiger partial charge is 0.507 e. The number of thiazole rings is 1. The van der Waals surface area contributed by atoms with E-state index in [1.165, 1.54) is 16.2 Å². The number of carbonyl (C=O) groups excluding carboxylic acids is 2. The van der Waals surface area contributed by atoms with E-state index in [2.05, 4.69) is 4.98 Å². The molecule has 0 aliphatic carbocycles. The lowest BCUT2D eigenvalue weighted by molar-refractivity contribution is -0.132. The molecule has 29 heavy (non-hydrogen) atoms. The van der Waals surface area contributed by atoms with Gasteiger partial charge < -0.3 is 9.84 Å². The fourth-order valence-corrected chi connectivity index (χ4v) is 4.01. The number of nitrogens with zero attached hydrogens (tertiary/aromatic N) is 2. The quantitative estimate of drug-likeness (QED) is 0.391. The van der Waals surface area contributed by atoms with Gasteiger partial charge >= 0.3 is 5.91 Å². The maximum atomic E-state index is 12.9. The maximum absolute atomic E-state index is 12.9. The van der Waals surface area contributed by atoms with Gasteiger partial charge in [-0.05, 0) is 36.8 Å². The van der Waals surface area contributed by atoms with E-state index in [9.17, 15) is 14.7 Å². The van der Waals surface area contributed by atoms with Crippen molar-refractivity contribution in [3.05, 3.63) is 82.9 Å². The Morgan fingerprint density at radius 1 is 1.14 bits per heavy atom. The molecule has 1 N–H and O–H groups in total. The fourth-order valence-electron chi connectivity index (χ4n) is 3.35. The minimum Gasteiger partial charge on any atom is -0.507 e. The smallest absolute Gasteiger partial charge is 0.301 e. The number of aliphatic hydroxyl groups excluding tert-OH is 1. The summed E-state index contributed by atoms with van der Waals surface area (Å²) in [6.45, 7) is 2.41. The van der Waals surface area contributed by atoms with E-state index in [0.717, 1.165) is 5.56 Å². The number of carbonyl (C=O) groups is 2. The van der Waals surface area contributed by atoms with Crippen molar-refractivity contribution in [1.82, 2.24) is 4.98 Å². The number of amides is 1. The summed E-state index contributed by atoms with van der Waals surface area (Å²) < 4.78 is 5.43. The third kappa shape index (κ3) is 3.40. The van der Waals surface area contributed by atoms with Crippen LogP contribution in [0, 0.1) is 0 Å². The predicted octanol–water partition coefficient (Wildman–Crippen LogP) is 4.17. The lowest BCUT2D eigenvalue weighted by atomic mass is 9.95. The zero-order valence-corrected chi connectivity index (χ0v) is 16.4. The second-order valence-corrected chi connectivity index (χ2v) is 7.22. The summed E-state index contributed by atoms with van der Waals surface area (Å²) in [5.41, 5.74) is 1.20. The summed E-state index contributed by atoms with van der Waals surface area (Å²) >= 11 is 1.26. The van der Waals surface area contributed by atoms with Crippen molar-refractivity contribution in [2.75, 3.05) is 11.5 Å². The number of rotatable bonds is 5. The Labute approximate surface area is 171 Å². The van der Waals surface area contributed by atoms with Gasteiger partial charge in [-0.15, -0.1) is 11.3 Å². The van der Waals surface area contributed by atoms with Gasteiger partial charge in [0.2, 0.25) is 0 Å². The highest BCUT2D eigenvalue weighted by Crippen LogP contribution is 2.42. The Hall–Kier alpha value is -3.45. The van der Waals surface area contributed by atoms with Crippen molar-refractivity contribution in [3.8, 4) is 5.75 Å². The molecule has 2 heterocycles. The molecule has 1 amide bonds. The summed E-state index contributed by atoms with van der Waals surface area (Å²) in [4.78, 5) is 31.3. The molecular weight excluding hydrogens is 388 g/mol. The first-order chi connectivity index (χ1) is 14.1. The molecule has 2 aromatic carbocycles. The number of aliphatic hydroxyl groups is 1. The van der Waals surface area contributed by atoms with Crippen LogP contribution in [0.5, 0.6) is 5.75 Å². The van der Waals surface area contributed by atoms with Crippen LogP contribution in [0.3, 0.4) is 0 Å². The van der Waals surface area contributed by atoms with Crippen molar-refractivity contribution in [1.29, 1.82) is 0 Å². The van der Waals surface area contributed by atoms with Gasteiger partial charge in [-0.1, -0.05) is 30.3 Å². The molecular formula is C22H18N2O4S. The van der Waals surface area contributed by atoms with E-state index in [0.29, 0.717) is 23.1 Å². The molecule has 1 aromatic heterocycles. The van der Waals surface area contributed by atoms with E-state index >= 15 is 0 Å². The van der Waals surface area contributed by atoms with Crippen LogP contribution in [-0.2, 0) is 9.59 Å². The van der Waals surface area contributed by atoms with Crippen LogP contribution in [-0.4, -0.2) is 28.4 Å². The summed E-state index contributed by atoms with van der Waals surface area (Å²) in [5, 5.41) is 13.1. The van der Waals surface area contributed by atoms with Crippen LogP contribution >= 0.6 is 11.3 Å². The van der Waals surface area contributed by atoms with Crippen LogP contribution < -0.4 is 9.64 Å². The first-order valence-electron chi connectivity index (χ1n) is 9.10. The van der Waals surface area contributed by atoms with Gasteiger partial charge in [-0.2, -0.15) is 0 Å². The molecule has 7 heteroatoms. The van der Waals surface area contributed by atoms with Crippen LogP contribution in [0.15, 0.2) is 71.7 Å². The summed E-state index contributed by atoms with van der Waals surface area (Å²) in [6, 6.07) is 15.2. The average Bonchev–Trinajstić information content (AvgIpc) is 3.36. The van der Waals surface area contributed by atoms with Crippen LogP contribution in [0.4, 0.5) is 5.13 Å². The first-order valence-corrected chi connectivity index (χ1v) is 9.98. The second-order valence-electron chi connectivity index (χ2n) is 6.35. The van der Waals surface area contributed by atoms with Gasteiger partial charge in [-0.25, -0.2) is 4.98 Å². The summed E-state index contributed by atoms with van der Waals surface area (Å²) in [7, 11) is 0. The minimum atomic E-state index is -0.756. The van der Waals surface area contributed by atoms with Gasteiger partial charge in [0, 0.05) is 17.1 Å². The summed E-state index contributed by atoms with van der Waals surface area (Å²) in [6.07, 6.45) is 1.58. The van der Waals surface area contributed by atoms with Crippen LogP contribution in [0.1, 0.15) is 24.1 Å². The summed E-state index contributed by atoms with van der Waals surface area (Å²) in [5.74, 6) is -1.01. The molecule has 1 atom stereocenters. The van der Waals surface area contributed by atoms with E-state index in [-0.39, 0.29) is 11.3 Å². The van der Waals surface area contributed by atoms with Crippen LogP contribution in [0.25, 0.3) is 5.76 Å². The number of benzene rings is 2. The Kier molecular flexibility index (Phi) is 5.14. The van der Waals surface area contributed by atoms with Crippen molar-refractivity contribution < 1.29 is 19.4 Å². The molecule has 0 saturated carbocycles. The molecule has 3 aromatic rings. The topological polar surface area (TPSA) is 79.7 Å². The van der Waals surface area contributed by atoms with E-state index in [1.807, 2.05) is 37.3 Å². The van der Waals surface area contributed by atoms with Crippen molar-refractivity contribution in [2.24, 2.45) is 0 Å². The molecule has 1 unspecified atom stereocenters. The zero-order chi connectivity index (χ0) is 20.4. The van der Waals surface area contributed by atoms with Gasteiger partial charge in [0.05, 0.1) is 18.2 Å². The minimum absolute atomic E-state index is 0.0422. The third-order valence-corrected chi connectivity index (χ3v) is 5.39. The fraction of sp³-hybridized carbons (Fsp3) is 0.136. The molecule has 146 valence electrons. The van der Waals surface area contributed by atoms with E-state index in [1.54, 1.807) is 35.8 Å². The average molecular weight is 406 g/mol. The third-order valence-electron chi connectivity index (χ3n) is 4.62. The Balaban J connectivity index is 1.86. The lowest BCUT2D eigenvalue weighted by Crippen LogP contribution is -2.29. The number of hydrogen-bond donors (Lipinski definition) is 1. The first kappa shape index (κ1) is 18.9. The SMILES string of the molecule is CCOc1ccc(/C(O)=C2\C(=O)C(=O)N(c3nccs3)C2c2ccccc2)cc1. The zero-order valence-electron chi connectivity index (χ0n) is 15.6. The van der Waals surface area contributed by atoms with Gasteiger partial charge in [0.15, 0.2) is 5.13 Å². The number of aromatic nitrogens is 1. The molecule has 1 aliphatic rings. The highest BCUT2D eigenvalue weighted by atomic mass is 32.1. The standard InChI is InChI=1S/C22H18N2O4S/c1-2-28-16-10-8-15(9-11-16)19(25)17-18(14-6-4-3-5-7-14)24(21(27)20(17)26)22-23-12-13-29-22/h3-13,18,25H,2H2,1H3/b19-17+. The molecule has 1 fully saturated rings. The van der Waals surface area contributed by atoms with Crippen molar-refractivity contribution in [2.45, 2.75) is 13.0 Å². The molecule has 0 radical (unpaired) electrons. The normalized spacial score (nSPS) is 18.2. The number of ketones is 1. The molecule has 1 aliphatic heterocycles. The second kappa shape index (κ2) is 7.89.